The van der Waals surface area contributed by atoms with E-state index in [1.807, 2.05) is 48.6 Å². The molecule has 0 saturated heterocycles. The van der Waals surface area contributed by atoms with Crippen molar-refractivity contribution in [3.63, 3.8) is 0 Å². The van der Waals surface area contributed by atoms with Gasteiger partial charge in [-0.15, -0.1) is 0 Å². The Balaban J connectivity index is 2.10. The van der Waals surface area contributed by atoms with Gasteiger partial charge in [0, 0.05) is 17.8 Å². The van der Waals surface area contributed by atoms with E-state index in [4.69, 9.17) is 11.5 Å². The predicted molar refractivity (Wildman–Crippen MR) is 63.0 cm³/mol. The van der Waals surface area contributed by atoms with Crippen LogP contribution in [0, 0.1) is 0 Å². The molecule has 0 spiro atoms. The highest BCUT2D eigenvalue weighted by Gasteiger charge is 2.21. The number of nitrogens with two attached hydrogens (primary N) is 2. The summed E-state index contributed by atoms with van der Waals surface area (Å²) in [4.78, 5) is 0. The topological polar surface area (TPSA) is 64.1 Å². The Kier molecular flexibility index (Phi) is 2.47. The molecule has 0 bridgehead atoms. The van der Waals surface area contributed by atoms with E-state index >= 15 is 0 Å². The minimum absolute atomic E-state index is 0.524. The standard InChI is InChI=1S/C12H15N3/c13-10-6-8-12(14,9-7-10)15-11-4-2-1-3-5-11/h1-8,15H,9,13-14H2. The minimum Gasteiger partial charge on any atom is -0.399 e. The largest absolute Gasteiger partial charge is 0.399 e. The van der Waals surface area contributed by atoms with E-state index in [-0.39, 0.29) is 0 Å². The highest BCUT2D eigenvalue weighted by atomic mass is 15.1. The fourth-order valence-electron chi connectivity index (χ4n) is 1.55. The average molecular weight is 201 g/mol. The third-order valence-corrected chi connectivity index (χ3v) is 2.40. The predicted octanol–water partition coefficient (Wildman–Crippen LogP) is 1.56. The summed E-state index contributed by atoms with van der Waals surface area (Å²) in [5.41, 5.74) is 13.1. The first-order valence-electron chi connectivity index (χ1n) is 4.95. The molecule has 0 aromatic heterocycles. The van der Waals surface area contributed by atoms with Crippen molar-refractivity contribution in [1.29, 1.82) is 0 Å². The van der Waals surface area contributed by atoms with Gasteiger partial charge in [0.1, 0.15) is 5.66 Å². The Morgan fingerprint density at radius 2 is 1.93 bits per heavy atom. The molecule has 0 fully saturated rings. The zero-order valence-electron chi connectivity index (χ0n) is 8.48. The summed E-state index contributed by atoms with van der Waals surface area (Å²) in [7, 11) is 0. The Bertz CT molecular complexity index is 395. The summed E-state index contributed by atoms with van der Waals surface area (Å²) in [6, 6.07) is 9.90. The van der Waals surface area contributed by atoms with Crippen molar-refractivity contribution in [1.82, 2.24) is 0 Å². The van der Waals surface area contributed by atoms with Crippen LogP contribution in [0.1, 0.15) is 6.42 Å². The van der Waals surface area contributed by atoms with Crippen molar-refractivity contribution in [3.05, 3.63) is 54.3 Å². The fourth-order valence-corrected chi connectivity index (χ4v) is 1.55. The van der Waals surface area contributed by atoms with Crippen LogP contribution in [0.5, 0.6) is 0 Å². The molecule has 0 amide bonds. The molecule has 1 aromatic rings. The molecule has 1 unspecified atom stereocenters. The molecule has 5 N–H and O–H groups in total. The molecule has 1 aliphatic carbocycles. The minimum atomic E-state index is -0.524. The van der Waals surface area contributed by atoms with Crippen LogP contribution < -0.4 is 16.8 Å². The van der Waals surface area contributed by atoms with Gasteiger partial charge >= 0.3 is 0 Å². The third kappa shape index (κ3) is 2.39. The van der Waals surface area contributed by atoms with Gasteiger partial charge < -0.3 is 16.8 Å². The molecule has 3 nitrogen and oxygen atoms in total. The first-order chi connectivity index (χ1) is 7.18. The quantitative estimate of drug-likeness (QED) is 0.636. The molecule has 3 heteroatoms. The zero-order valence-corrected chi connectivity index (χ0v) is 8.48. The molecule has 1 atom stereocenters. The van der Waals surface area contributed by atoms with Gasteiger partial charge in [0.25, 0.3) is 0 Å². The highest BCUT2D eigenvalue weighted by Crippen LogP contribution is 2.19. The summed E-state index contributed by atoms with van der Waals surface area (Å²) < 4.78 is 0. The van der Waals surface area contributed by atoms with E-state index < -0.39 is 5.66 Å². The summed E-state index contributed by atoms with van der Waals surface area (Å²) in [6.07, 6.45) is 6.36. The molecule has 1 aliphatic rings. The number of hydrogen-bond donors (Lipinski definition) is 3. The van der Waals surface area contributed by atoms with Gasteiger partial charge in [-0.2, -0.15) is 0 Å². The van der Waals surface area contributed by atoms with Crippen LogP contribution >= 0.6 is 0 Å². The lowest BCUT2D eigenvalue weighted by atomic mass is 10.0. The van der Waals surface area contributed by atoms with E-state index in [0.29, 0.717) is 6.42 Å². The lowest BCUT2D eigenvalue weighted by Gasteiger charge is -2.29. The van der Waals surface area contributed by atoms with Gasteiger partial charge in [-0.05, 0) is 24.3 Å². The van der Waals surface area contributed by atoms with Gasteiger partial charge in [-0.1, -0.05) is 24.3 Å². The number of allylic oxidation sites excluding steroid dienone is 1. The third-order valence-electron chi connectivity index (χ3n) is 2.40. The van der Waals surface area contributed by atoms with Gasteiger partial charge in [-0.3, -0.25) is 0 Å². The Morgan fingerprint density at radius 3 is 2.53 bits per heavy atom. The van der Waals surface area contributed by atoms with E-state index in [9.17, 15) is 0 Å². The number of hydrogen-bond acceptors (Lipinski definition) is 3. The molecule has 1 aromatic carbocycles. The molecule has 15 heavy (non-hydrogen) atoms. The molecule has 78 valence electrons. The SMILES string of the molecule is NC1=CCC(N)(Nc2ccccc2)C=C1. The molecule has 0 radical (unpaired) electrons. The van der Waals surface area contributed by atoms with Crippen LogP contribution in [0.2, 0.25) is 0 Å². The van der Waals surface area contributed by atoms with Crippen molar-refractivity contribution >= 4 is 5.69 Å². The molecule has 0 aliphatic heterocycles. The van der Waals surface area contributed by atoms with E-state index in [2.05, 4.69) is 5.32 Å². The first kappa shape index (κ1) is 9.80. The van der Waals surface area contributed by atoms with E-state index in [0.717, 1.165) is 11.4 Å². The van der Waals surface area contributed by atoms with Crippen molar-refractivity contribution in [2.45, 2.75) is 12.1 Å². The Hall–Kier alpha value is -1.74. The van der Waals surface area contributed by atoms with Gasteiger partial charge in [0.05, 0.1) is 0 Å². The maximum atomic E-state index is 6.16. The zero-order chi connectivity index (χ0) is 10.7. The second kappa shape index (κ2) is 3.79. The van der Waals surface area contributed by atoms with Gasteiger partial charge in [0.15, 0.2) is 0 Å². The van der Waals surface area contributed by atoms with Crippen molar-refractivity contribution < 1.29 is 0 Å². The highest BCUT2D eigenvalue weighted by molar-refractivity contribution is 5.47. The summed E-state index contributed by atoms with van der Waals surface area (Å²) in [5, 5.41) is 3.27. The summed E-state index contributed by atoms with van der Waals surface area (Å²) in [6.45, 7) is 0. The first-order valence-corrected chi connectivity index (χ1v) is 4.95. The van der Waals surface area contributed by atoms with Crippen LogP contribution in [0.3, 0.4) is 0 Å². The average Bonchev–Trinajstić information content (AvgIpc) is 2.24. The van der Waals surface area contributed by atoms with Crippen LogP contribution in [-0.4, -0.2) is 5.66 Å². The van der Waals surface area contributed by atoms with Crippen LogP contribution in [0.15, 0.2) is 54.3 Å². The number of nitrogens with one attached hydrogen (secondary N) is 1. The lowest BCUT2D eigenvalue weighted by molar-refractivity contribution is 0.603. The maximum Gasteiger partial charge on any atom is 0.109 e. The second-order valence-electron chi connectivity index (χ2n) is 3.77. The Labute approximate surface area is 89.5 Å². The van der Waals surface area contributed by atoms with Crippen LogP contribution in [0.4, 0.5) is 5.69 Å². The molecular weight excluding hydrogens is 186 g/mol. The normalized spacial score (nSPS) is 24.7. The van der Waals surface area contributed by atoms with Gasteiger partial charge in [-0.25, -0.2) is 0 Å². The van der Waals surface area contributed by atoms with Crippen LogP contribution in [-0.2, 0) is 0 Å². The second-order valence-corrected chi connectivity index (χ2v) is 3.77. The van der Waals surface area contributed by atoms with Crippen molar-refractivity contribution in [3.8, 4) is 0 Å². The lowest BCUT2D eigenvalue weighted by Crippen LogP contribution is -2.46. The molecule has 0 heterocycles. The Morgan fingerprint density at radius 1 is 1.20 bits per heavy atom. The van der Waals surface area contributed by atoms with Crippen molar-refractivity contribution in [2.24, 2.45) is 11.5 Å². The molecule has 2 rings (SSSR count). The smallest absolute Gasteiger partial charge is 0.109 e. The summed E-state index contributed by atoms with van der Waals surface area (Å²) in [5.74, 6) is 0. The van der Waals surface area contributed by atoms with Crippen molar-refractivity contribution in [2.75, 3.05) is 5.32 Å². The monoisotopic (exact) mass is 201 g/mol. The number of anilines is 1. The molecule has 0 saturated carbocycles. The van der Waals surface area contributed by atoms with E-state index in [1.165, 1.54) is 0 Å². The van der Waals surface area contributed by atoms with Crippen LogP contribution in [0.25, 0.3) is 0 Å². The molecular formula is C12H15N3. The fraction of sp³-hybridized carbons (Fsp3) is 0.167. The number of benzene rings is 1. The summed E-state index contributed by atoms with van der Waals surface area (Å²) >= 11 is 0. The van der Waals surface area contributed by atoms with E-state index in [1.54, 1.807) is 0 Å². The number of rotatable bonds is 2. The number of para-hydroxylation sites is 1. The van der Waals surface area contributed by atoms with Gasteiger partial charge in [0.2, 0.25) is 0 Å². The maximum absolute atomic E-state index is 6.16.